The molecule has 0 unspecified atom stereocenters. The van der Waals surface area contributed by atoms with Crippen LogP contribution >= 0.6 is 0 Å². The Balaban J connectivity index is 2.06. The minimum Gasteiger partial charge on any atom is -0.311 e. The fourth-order valence-corrected chi connectivity index (χ4v) is 3.54. The van der Waals surface area contributed by atoms with E-state index in [1.165, 1.54) is 10.6 Å². The van der Waals surface area contributed by atoms with Crippen molar-refractivity contribution in [2.24, 2.45) is 0 Å². The lowest BCUT2D eigenvalue weighted by Crippen LogP contribution is -2.42. The second-order valence-electron chi connectivity index (χ2n) is 5.73. The van der Waals surface area contributed by atoms with Crippen molar-refractivity contribution in [1.82, 2.24) is 4.31 Å². The first-order chi connectivity index (χ1) is 10.4. The van der Waals surface area contributed by atoms with E-state index >= 15 is 0 Å². The van der Waals surface area contributed by atoms with Crippen LogP contribution in [0.15, 0.2) is 24.3 Å². The summed E-state index contributed by atoms with van der Waals surface area (Å²) in [5.41, 5.74) is 2.06. The molecule has 0 aromatic heterocycles. The lowest BCUT2D eigenvalue weighted by molar-refractivity contribution is -0.118. The van der Waals surface area contributed by atoms with Gasteiger partial charge in [0.15, 0.2) is 0 Å². The smallest absolute Gasteiger partial charge is 0.242 e. The number of hydrogen-bond acceptors (Lipinski definition) is 3. The summed E-state index contributed by atoms with van der Waals surface area (Å²) in [6, 6.07) is 7.79. The Morgan fingerprint density at radius 1 is 1.27 bits per heavy atom. The van der Waals surface area contributed by atoms with E-state index in [1.807, 2.05) is 24.3 Å². The molecule has 0 atom stereocenters. The van der Waals surface area contributed by atoms with Gasteiger partial charge in [0.2, 0.25) is 15.9 Å². The van der Waals surface area contributed by atoms with E-state index in [0.717, 1.165) is 36.9 Å². The summed E-state index contributed by atoms with van der Waals surface area (Å²) in [7, 11) is -3.36. The van der Waals surface area contributed by atoms with Gasteiger partial charge < -0.3 is 4.90 Å². The molecule has 0 spiro atoms. The van der Waals surface area contributed by atoms with E-state index < -0.39 is 10.0 Å². The van der Waals surface area contributed by atoms with Crippen LogP contribution in [0, 0.1) is 0 Å². The molecule has 0 aliphatic carbocycles. The first-order valence-electron chi connectivity index (χ1n) is 7.77. The van der Waals surface area contributed by atoms with Crippen molar-refractivity contribution < 1.29 is 13.2 Å². The van der Waals surface area contributed by atoms with Crippen LogP contribution in [0.2, 0.25) is 0 Å². The van der Waals surface area contributed by atoms with Gasteiger partial charge in [0.25, 0.3) is 0 Å². The van der Waals surface area contributed by atoms with Crippen LogP contribution < -0.4 is 4.90 Å². The zero-order valence-corrected chi connectivity index (χ0v) is 14.1. The molecule has 1 heterocycles. The SMILES string of the molecule is CCCCCN(CC(=O)N1CCc2ccccc21)S(C)(=O)=O. The largest absolute Gasteiger partial charge is 0.311 e. The zero-order chi connectivity index (χ0) is 16.2. The Morgan fingerprint density at radius 3 is 2.68 bits per heavy atom. The predicted octanol–water partition coefficient (Wildman–Crippen LogP) is 2.03. The number of benzene rings is 1. The number of carbonyl (C=O) groups is 1. The van der Waals surface area contributed by atoms with Crippen molar-refractivity contribution in [1.29, 1.82) is 0 Å². The number of fused-ring (bicyclic) bond motifs is 1. The molecule has 0 N–H and O–H groups in total. The van der Waals surface area contributed by atoms with E-state index in [9.17, 15) is 13.2 Å². The summed E-state index contributed by atoms with van der Waals surface area (Å²) in [5.74, 6) is -0.146. The van der Waals surface area contributed by atoms with Crippen LogP contribution in [0.5, 0.6) is 0 Å². The highest BCUT2D eigenvalue weighted by Crippen LogP contribution is 2.27. The molecule has 0 saturated heterocycles. The van der Waals surface area contributed by atoms with Crippen molar-refractivity contribution in [2.45, 2.75) is 32.6 Å². The molecular formula is C16H24N2O3S. The molecule has 22 heavy (non-hydrogen) atoms. The molecule has 1 aromatic carbocycles. The third-order valence-electron chi connectivity index (χ3n) is 3.98. The maximum atomic E-state index is 12.5. The number of amides is 1. The van der Waals surface area contributed by atoms with Crippen molar-refractivity contribution in [2.75, 3.05) is 30.8 Å². The van der Waals surface area contributed by atoms with Crippen molar-refractivity contribution in [3.05, 3.63) is 29.8 Å². The van der Waals surface area contributed by atoms with Crippen molar-refractivity contribution in [3.8, 4) is 0 Å². The summed E-state index contributed by atoms with van der Waals surface area (Å²) >= 11 is 0. The van der Waals surface area contributed by atoms with Gasteiger partial charge in [0, 0.05) is 18.8 Å². The Kier molecular flexibility index (Phi) is 5.58. The predicted molar refractivity (Wildman–Crippen MR) is 88.4 cm³/mol. The zero-order valence-electron chi connectivity index (χ0n) is 13.3. The van der Waals surface area contributed by atoms with Crippen LogP contribution in [0.1, 0.15) is 31.7 Å². The number of rotatable bonds is 7. The first kappa shape index (κ1) is 17.0. The lowest BCUT2D eigenvalue weighted by Gasteiger charge is -2.23. The molecule has 6 heteroatoms. The second-order valence-corrected chi connectivity index (χ2v) is 7.71. The number of anilines is 1. The monoisotopic (exact) mass is 324 g/mol. The van der Waals surface area contributed by atoms with Gasteiger partial charge in [-0.2, -0.15) is 4.31 Å². The molecule has 0 fully saturated rings. The van der Waals surface area contributed by atoms with Crippen molar-refractivity contribution >= 4 is 21.6 Å². The number of sulfonamides is 1. The molecular weight excluding hydrogens is 300 g/mol. The van der Waals surface area contributed by atoms with E-state index in [1.54, 1.807) is 4.90 Å². The summed E-state index contributed by atoms with van der Waals surface area (Å²) in [6.45, 7) is 3.03. The fraction of sp³-hybridized carbons (Fsp3) is 0.562. The minimum atomic E-state index is -3.36. The first-order valence-corrected chi connectivity index (χ1v) is 9.61. The summed E-state index contributed by atoms with van der Waals surface area (Å²) in [6.07, 6.45) is 4.77. The van der Waals surface area contributed by atoms with E-state index in [2.05, 4.69) is 6.92 Å². The average molecular weight is 324 g/mol. The highest BCUT2D eigenvalue weighted by atomic mass is 32.2. The van der Waals surface area contributed by atoms with Gasteiger partial charge in [-0.05, 0) is 24.5 Å². The van der Waals surface area contributed by atoms with Gasteiger partial charge in [-0.15, -0.1) is 0 Å². The topological polar surface area (TPSA) is 57.7 Å². The maximum absolute atomic E-state index is 12.5. The van der Waals surface area contributed by atoms with E-state index in [4.69, 9.17) is 0 Å². The van der Waals surface area contributed by atoms with Crippen LogP contribution in [-0.2, 0) is 21.2 Å². The van der Waals surface area contributed by atoms with Crippen LogP contribution in [0.4, 0.5) is 5.69 Å². The molecule has 1 aliphatic heterocycles. The Morgan fingerprint density at radius 2 is 2.00 bits per heavy atom. The molecule has 0 radical (unpaired) electrons. The quantitative estimate of drug-likeness (QED) is 0.721. The van der Waals surface area contributed by atoms with Gasteiger partial charge in [-0.1, -0.05) is 38.0 Å². The van der Waals surface area contributed by atoms with Crippen LogP contribution in [0.25, 0.3) is 0 Å². The number of carbonyl (C=O) groups excluding carboxylic acids is 1. The number of para-hydroxylation sites is 1. The van der Waals surface area contributed by atoms with E-state index in [-0.39, 0.29) is 12.5 Å². The van der Waals surface area contributed by atoms with E-state index in [0.29, 0.717) is 13.1 Å². The fourth-order valence-electron chi connectivity index (χ4n) is 2.73. The highest BCUT2D eigenvalue weighted by molar-refractivity contribution is 7.88. The Bertz CT molecular complexity index is 628. The standard InChI is InChI=1S/C16H24N2O3S/c1-3-4-7-11-17(22(2,20)21)13-16(19)18-12-10-14-8-5-6-9-15(14)18/h5-6,8-9H,3-4,7,10-13H2,1-2H3. The van der Waals surface area contributed by atoms with Crippen molar-refractivity contribution in [3.63, 3.8) is 0 Å². The third kappa shape index (κ3) is 4.08. The Labute approximate surface area is 133 Å². The van der Waals surface area contributed by atoms with Gasteiger partial charge in [0.1, 0.15) is 0 Å². The molecule has 2 rings (SSSR count). The number of unbranched alkanes of at least 4 members (excludes halogenated alkanes) is 2. The molecule has 5 nitrogen and oxygen atoms in total. The average Bonchev–Trinajstić information content (AvgIpc) is 2.89. The number of nitrogens with zero attached hydrogens (tertiary/aromatic N) is 2. The molecule has 1 aromatic rings. The molecule has 1 amide bonds. The molecule has 122 valence electrons. The summed E-state index contributed by atoms with van der Waals surface area (Å²) < 4.78 is 25.1. The normalized spacial score (nSPS) is 14.4. The summed E-state index contributed by atoms with van der Waals surface area (Å²) in [4.78, 5) is 14.2. The lowest BCUT2D eigenvalue weighted by atomic mass is 10.2. The third-order valence-corrected chi connectivity index (χ3v) is 5.23. The van der Waals surface area contributed by atoms with Gasteiger partial charge in [0.05, 0.1) is 12.8 Å². The highest BCUT2D eigenvalue weighted by Gasteiger charge is 2.27. The molecule has 0 bridgehead atoms. The van der Waals surface area contributed by atoms with Gasteiger partial charge in [-0.3, -0.25) is 4.79 Å². The van der Waals surface area contributed by atoms with Gasteiger partial charge >= 0.3 is 0 Å². The second kappa shape index (κ2) is 7.24. The van der Waals surface area contributed by atoms with Crippen LogP contribution in [-0.4, -0.2) is 44.5 Å². The molecule has 0 saturated carbocycles. The van der Waals surface area contributed by atoms with Crippen LogP contribution in [0.3, 0.4) is 0 Å². The van der Waals surface area contributed by atoms with Gasteiger partial charge in [-0.25, -0.2) is 8.42 Å². The number of hydrogen-bond donors (Lipinski definition) is 0. The minimum absolute atomic E-state index is 0.0725. The Hall–Kier alpha value is -1.40. The molecule has 1 aliphatic rings. The summed E-state index contributed by atoms with van der Waals surface area (Å²) in [5, 5.41) is 0. The maximum Gasteiger partial charge on any atom is 0.242 e.